The molecule has 1 unspecified atom stereocenters. The first kappa shape index (κ1) is 17.4. The SMILES string of the molecule is CSc1ccc(C(O)CNC(=O)NCCc2ccccc2)cc1. The molecular formula is C18H22N2O2S. The molecule has 0 spiro atoms. The lowest BCUT2D eigenvalue weighted by atomic mass is 10.1. The third-order valence-electron chi connectivity index (χ3n) is 3.50. The van der Waals surface area contributed by atoms with Gasteiger partial charge in [-0.25, -0.2) is 4.79 Å². The van der Waals surface area contributed by atoms with Crippen molar-refractivity contribution < 1.29 is 9.90 Å². The number of rotatable bonds is 7. The molecule has 23 heavy (non-hydrogen) atoms. The Morgan fingerprint density at radius 2 is 1.78 bits per heavy atom. The van der Waals surface area contributed by atoms with E-state index in [2.05, 4.69) is 10.6 Å². The summed E-state index contributed by atoms with van der Waals surface area (Å²) in [5, 5.41) is 15.6. The lowest BCUT2D eigenvalue weighted by molar-refractivity contribution is 0.173. The van der Waals surface area contributed by atoms with E-state index in [0.717, 1.165) is 16.9 Å². The van der Waals surface area contributed by atoms with E-state index < -0.39 is 6.10 Å². The van der Waals surface area contributed by atoms with Gasteiger partial charge in [-0.2, -0.15) is 0 Å². The summed E-state index contributed by atoms with van der Waals surface area (Å²) in [6, 6.07) is 17.4. The van der Waals surface area contributed by atoms with Crippen molar-refractivity contribution in [3.05, 3.63) is 65.7 Å². The predicted octanol–water partition coefficient (Wildman–Crippen LogP) is 2.98. The zero-order chi connectivity index (χ0) is 16.5. The number of urea groups is 1. The second-order valence-corrected chi connectivity index (χ2v) is 6.04. The van der Waals surface area contributed by atoms with E-state index >= 15 is 0 Å². The van der Waals surface area contributed by atoms with Crippen molar-refractivity contribution in [3.63, 3.8) is 0 Å². The van der Waals surface area contributed by atoms with Gasteiger partial charge >= 0.3 is 6.03 Å². The molecule has 0 aliphatic heterocycles. The molecule has 0 aliphatic rings. The van der Waals surface area contributed by atoms with E-state index in [1.807, 2.05) is 60.9 Å². The first-order chi connectivity index (χ1) is 11.2. The molecule has 2 aromatic rings. The van der Waals surface area contributed by atoms with Crippen molar-refractivity contribution in [2.45, 2.75) is 17.4 Å². The van der Waals surface area contributed by atoms with Gasteiger partial charge in [0.2, 0.25) is 0 Å². The third-order valence-corrected chi connectivity index (χ3v) is 4.24. The molecule has 0 aliphatic carbocycles. The van der Waals surface area contributed by atoms with Gasteiger partial charge in [0.1, 0.15) is 0 Å². The van der Waals surface area contributed by atoms with Crippen LogP contribution < -0.4 is 10.6 Å². The summed E-state index contributed by atoms with van der Waals surface area (Å²) in [4.78, 5) is 12.9. The Balaban J connectivity index is 1.68. The number of amides is 2. The Bertz CT molecular complexity index is 602. The monoisotopic (exact) mass is 330 g/mol. The molecule has 0 saturated carbocycles. The third kappa shape index (κ3) is 5.96. The highest BCUT2D eigenvalue weighted by atomic mass is 32.2. The number of thioether (sulfide) groups is 1. The van der Waals surface area contributed by atoms with Crippen LogP contribution in [0.4, 0.5) is 4.79 Å². The second kappa shape index (κ2) is 9.22. The fourth-order valence-electron chi connectivity index (χ4n) is 2.16. The quantitative estimate of drug-likeness (QED) is 0.684. The van der Waals surface area contributed by atoms with Gasteiger partial charge < -0.3 is 15.7 Å². The van der Waals surface area contributed by atoms with Crippen molar-refractivity contribution in [1.82, 2.24) is 10.6 Å². The summed E-state index contributed by atoms with van der Waals surface area (Å²) in [5.41, 5.74) is 1.98. The van der Waals surface area contributed by atoms with Crippen molar-refractivity contribution in [2.24, 2.45) is 0 Å². The van der Waals surface area contributed by atoms with Gasteiger partial charge in [-0.1, -0.05) is 42.5 Å². The van der Waals surface area contributed by atoms with Crippen molar-refractivity contribution >= 4 is 17.8 Å². The molecule has 2 aromatic carbocycles. The molecule has 5 heteroatoms. The Hall–Kier alpha value is -1.98. The number of carbonyl (C=O) groups is 1. The summed E-state index contributed by atoms with van der Waals surface area (Å²) in [6.07, 6.45) is 2.09. The minimum absolute atomic E-state index is 0.190. The van der Waals surface area contributed by atoms with Crippen LogP contribution in [0.25, 0.3) is 0 Å². The van der Waals surface area contributed by atoms with Gasteiger partial charge in [0.05, 0.1) is 6.10 Å². The first-order valence-corrected chi connectivity index (χ1v) is 8.79. The first-order valence-electron chi connectivity index (χ1n) is 7.56. The number of nitrogens with one attached hydrogen (secondary N) is 2. The van der Waals surface area contributed by atoms with Crippen LogP contribution in [-0.2, 0) is 6.42 Å². The summed E-state index contributed by atoms with van der Waals surface area (Å²) < 4.78 is 0. The summed E-state index contributed by atoms with van der Waals surface area (Å²) in [6.45, 7) is 0.754. The number of carbonyl (C=O) groups excluding carboxylic acids is 1. The van der Waals surface area contributed by atoms with Gasteiger partial charge in [-0.15, -0.1) is 11.8 Å². The second-order valence-electron chi connectivity index (χ2n) is 5.16. The largest absolute Gasteiger partial charge is 0.387 e. The molecule has 0 heterocycles. The average Bonchev–Trinajstić information content (AvgIpc) is 2.60. The topological polar surface area (TPSA) is 61.4 Å². The molecule has 0 bridgehead atoms. The fraction of sp³-hybridized carbons (Fsp3) is 0.278. The van der Waals surface area contributed by atoms with E-state index in [9.17, 15) is 9.90 Å². The zero-order valence-corrected chi connectivity index (χ0v) is 14.0. The minimum Gasteiger partial charge on any atom is -0.387 e. The van der Waals surface area contributed by atoms with Gasteiger partial charge in [0.15, 0.2) is 0 Å². The molecule has 3 N–H and O–H groups in total. The molecule has 2 amide bonds. The lowest BCUT2D eigenvalue weighted by Gasteiger charge is -2.13. The van der Waals surface area contributed by atoms with Crippen LogP contribution in [-0.4, -0.2) is 30.5 Å². The van der Waals surface area contributed by atoms with E-state index in [1.165, 1.54) is 5.56 Å². The van der Waals surface area contributed by atoms with Crippen LogP contribution >= 0.6 is 11.8 Å². The summed E-state index contributed by atoms with van der Waals surface area (Å²) in [7, 11) is 0. The molecule has 0 aromatic heterocycles. The Kier molecular flexibility index (Phi) is 6.97. The molecule has 2 rings (SSSR count). The van der Waals surface area contributed by atoms with Crippen molar-refractivity contribution in [2.75, 3.05) is 19.3 Å². The van der Waals surface area contributed by atoms with Crippen LogP contribution in [0.2, 0.25) is 0 Å². The van der Waals surface area contributed by atoms with Gasteiger partial charge in [0, 0.05) is 18.0 Å². The van der Waals surface area contributed by atoms with Gasteiger partial charge in [-0.3, -0.25) is 0 Å². The van der Waals surface area contributed by atoms with Crippen LogP contribution in [0, 0.1) is 0 Å². The summed E-state index contributed by atoms with van der Waals surface area (Å²) >= 11 is 1.65. The average molecular weight is 330 g/mol. The Labute approximate surface area is 141 Å². The zero-order valence-electron chi connectivity index (χ0n) is 13.2. The van der Waals surface area contributed by atoms with Crippen LogP contribution in [0.1, 0.15) is 17.2 Å². The Morgan fingerprint density at radius 1 is 1.09 bits per heavy atom. The molecule has 1 atom stereocenters. The van der Waals surface area contributed by atoms with Crippen molar-refractivity contribution in [1.29, 1.82) is 0 Å². The van der Waals surface area contributed by atoms with Gasteiger partial charge in [-0.05, 0) is 35.9 Å². The van der Waals surface area contributed by atoms with Crippen LogP contribution in [0.3, 0.4) is 0 Å². The highest BCUT2D eigenvalue weighted by Gasteiger charge is 2.09. The van der Waals surface area contributed by atoms with Crippen LogP contribution in [0.5, 0.6) is 0 Å². The number of hydrogen-bond acceptors (Lipinski definition) is 3. The van der Waals surface area contributed by atoms with E-state index in [0.29, 0.717) is 6.54 Å². The maximum atomic E-state index is 11.7. The number of hydrogen-bond donors (Lipinski definition) is 3. The predicted molar refractivity (Wildman–Crippen MR) is 94.7 cm³/mol. The van der Waals surface area contributed by atoms with E-state index in [4.69, 9.17) is 0 Å². The number of benzene rings is 2. The molecule has 122 valence electrons. The smallest absolute Gasteiger partial charge is 0.314 e. The van der Waals surface area contributed by atoms with Crippen molar-refractivity contribution in [3.8, 4) is 0 Å². The molecule has 4 nitrogen and oxygen atoms in total. The van der Waals surface area contributed by atoms with E-state index in [1.54, 1.807) is 11.8 Å². The van der Waals surface area contributed by atoms with Gasteiger partial charge in [0.25, 0.3) is 0 Å². The highest BCUT2D eigenvalue weighted by Crippen LogP contribution is 2.18. The standard InChI is InChI=1S/C18H22N2O2S/c1-23-16-9-7-15(8-10-16)17(21)13-20-18(22)19-12-11-14-5-3-2-4-6-14/h2-10,17,21H,11-13H2,1H3,(H2,19,20,22). The number of aliphatic hydroxyl groups excluding tert-OH is 1. The Morgan fingerprint density at radius 3 is 2.43 bits per heavy atom. The maximum absolute atomic E-state index is 11.7. The normalized spacial score (nSPS) is 11.7. The van der Waals surface area contributed by atoms with Crippen LogP contribution in [0.15, 0.2) is 59.5 Å². The highest BCUT2D eigenvalue weighted by molar-refractivity contribution is 7.98. The molecule has 0 fully saturated rings. The molecular weight excluding hydrogens is 308 g/mol. The summed E-state index contributed by atoms with van der Waals surface area (Å²) in [5.74, 6) is 0. The fourth-order valence-corrected chi connectivity index (χ4v) is 2.57. The minimum atomic E-state index is -0.703. The van der Waals surface area contributed by atoms with E-state index in [-0.39, 0.29) is 12.6 Å². The molecule has 0 saturated heterocycles. The number of aliphatic hydroxyl groups is 1. The lowest BCUT2D eigenvalue weighted by Crippen LogP contribution is -2.38. The maximum Gasteiger partial charge on any atom is 0.314 e. The molecule has 0 radical (unpaired) electrons.